The van der Waals surface area contributed by atoms with Gasteiger partial charge in [0.15, 0.2) is 0 Å². The molecule has 0 radical (unpaired) electrons. The zero-order chi connectivity index (χ0) is 24.9. The Bertz CT molecular complexity index is 932. The van der Waals surface area contributed by atoms with Crippen molar-refractivity contribution in [1.82, 2.24) is 20.0 Å². The number of hydrogen-bond donors (Lipinski definition) is 1. The van der Waals surface area contributed by atoms with Gasteiger partial charge in [-0.05, 0) is 48.9 Å². The van der Waals surface area contributed by atoms with Crippen molar-refractivity contribution in [2.24, 2.45) is 11.8 Å². The standard InChI is InChI=1S/C26H37N5O4/c1-19-14-20(2)17-30(16-19)25(34)18-28-10-12-29(13-11-28)24(33)15-27-26(35)21-5-7-22(8-6-21)31-9-3-4-23(31)32/h5-8,19-20H,3-4,9-18H2,1-2H3,(H,27,35)/t19-,20+. The molecule has 0 spiro atoms. The third-order valence-corrected chi connectivity index (χ3v) is 7.22. The van der Waals surface area contributed by atoms with Gasteiger partial charge in [0.05, 0.1) is 13.1 Å². The lowest BCUT2D eigenvalue weighted by Crippen LogP contribution is -2.54. The van der Waals surface area contributed by atoms with Crippen LogP contribution >= 0.6 is 0 Å². The highest BCUT2D eigenvalue weighted by Crippen LogP contribution is 2.22. The lowest BCUT2D eigenvalue weighted by atomic mass is 9.92. The molecule has 3 heterocycles. The topological polar surface area (TPSA) is 93.3 Å². The molecule has 0 aromatic heterocycles. The Morgan fingerprint density at radius 3 is 2.14 bits per heavy atom. The summed E-state index contributed by atoms with van der Waals surface area (Å²) < 4.78 is 0. The van der Waals surface area contributed by atoms with Gasteiger partial charge in [-0.2, -0.15) is 0 Å². The molecule has 9 nitrogen and oxygen atoms in total. The number of benzene rings is 1. The fourth-order valence-corrected chi connectivity index (χ4v) is 5.40. The maximum Gasteiger partial charge on any atom is 0.251 e. The average Bonchev–Trinajstić information content (AvgIpc) is 3.28. The van der Waals surface area contributed by atoms with Crippen LogP contribution in [0.4, 0.5) is 5.69 Å². The third kappa shape index (κ3) is 6.39. The maximum atomic E-state index is 12.7. The second kappa shape index (κ2) is 11.2. The van der Waals surface area contributed by atoms with Crippen LogP contribution in [0.15, 0.2) is 24.3 Å². The molecule has 2 atom stereocenters. The summed E-state index contributed by atoms with van der Waals surface area (Å²) in [7, 11) is 0. The number of carbonyl (C=O) groups excluding carboxylic acids is 4. The predicted molar refractivity (Wildman–Crippen MR) is 133 cm³/mol. The molecular formula is C26H37N5O4. The Kier molecular flexibility index (Phi) is 8.05. The van der Waals surface area contributed by atoms with E-state index in [9.17, 15) is 19.2 Å². The molecule has 0 saturated carbocycles. The van der Waals surface area contributed by atoms with Gasteiger partial charge >= 0.3 is 0 Å². The first-order valence-corrected chi connectivity index (χ1v) is 12.8. The zero-order valence-electron chi connectivity index (χ0n) is 20.9. The minimum Gasteiger partial charge on any atom is -0.343 e. The van der Waals surface area contributed by atoms with E-state index in [4.69, 9.17) is 0 Å². The fourth-order valence-electron chi connectivity index (χ4n) is 5.40. The first kappa shape index (κ1) is 25.2. The smallest absolute Gasteiger partial charge is 0.251 e. The number of nitrogens with one attached hydrogen (secondary N) is 1. The molecule has 1 aromatic carbocycles. The van der Waals surface area contributed by atoms with Gasteiger partial charge in [-0.15, -0.1) is 0 Å². The molecule has 3 fully saturated rings. The molecule has 4 amide bonds. The number of anilines is 1. The van der Waals surface area contributed by atoms with Gasteiger partial charge in [-0.1, -0.05) is 13.8 Å². The van der Waals surface area contributed by atoms with E-state index in [-0.39, 0.29) is 30.2 Å². The number of piperazine rings is 1. The van der Waals surface area contributed by atoms with Gasteiger partial charge in [-0.3, -0.25) is 24.1 Å². The fraction of sp³-hybridized carbons (Fsp3) is 0.615. The second-order valence-corrected chi connectivity index (χ2v) is 10.3. The first-order chi connectivity index (χ1) is 16.8. The minimum absolute atomic E-state index is 0.0618. The molecule has 0 bridgehead atoms. The molecule has 0 aliphatic carbocycles. The number of piperidine rings is 1. The molecule has 35 heavy (non-hydrogen) atoms. The van der Waals surface area contributed by atoms with E-state index >= 15 is 0 Å². The predicted octanol–water partition coefficient (Wildman–Crippen LogP) is 1.19. The Balaban J connectivity index is 1.18. The van der Waals surface area contributed by atoms with Crippen LogP contribution in [-0.2, 0) is 14.4 Å². The van der Waals surface area contributed by atoms with Crippen LogP contribution in [0, 0.1) is 11.8 Å². The summed E-state index contributed by atoms with van der Waals surface area (Å²) in [5.74, 6) is 0.928. The Labute approximate surface area is 207 Å². The summed E-state index contributed by atoms with van der Waals surface area (Å²) in [6.07, 6.45) is 2.59. The summed E-state index contributed by atoms with van der Waals surface area (Å²) in [5, 5.41) is 2.70. The second-order valence-electron chi connectivity index (χ2n) is 10.3. The van der Waals surface area contributed by atoms with Gasteiger partial charge in [-0.25, -0.2) is 0 Å². The van der Waals surface area contributed by atoms with Crippen molar-refractivity contribution < 1.29 is 19.2 Å². The Morgan fingerprint density at radius 2 is 1.54 bits per heavy atom. The quantitative estimate of drug-likeness (QED) is 0.656. The largest absolute Gasteiger partial charge is 0.343 e. The Hall–Kier alpha value is -2.94. The van der Waals surface area contributed by atoms with Crippen molar-refractivity contribution in [2.75, 3.05) is 63.8 Å². The number of amides is 4. The lowest BCUT2D eigenvalue weighted by Gasteiger charge is -2.38. The van der Waals surface area contributed by atoms with Crippen LogP contribution in [0.3, 0.4) is 0 Å². The molecule has 9 heteroatoms. The highest BCUT2D eigenvalue weighted by atomic mass is 16.2. The van der Waals surface area contributed by atoms with Crippen LogP contribution in [0.5, 0.6) is 0 Å². The summed E-state index contributed by atoms with van der Waals surface area (Å²) >= 11 is 0. The normalized spacial score (nSPS) is 23.5. The highest BCUT2D eigenvalue weighted by molar-refractivity contribution is 5.98. The van der Waals surface area contributed by atoms with Crippen LogP contribution in [0.1, 0.15) is 43.5 Å². The number of carbonyl (C=O) groups is 4. The van der Waals surface area contributed by atoms with E-state index in [1.165, 1.54) is 6.42 Å². The van der Waals surface area contributed by atoms with Gasteiger partial charge < -0.3 is 20.0 Å². The van der Waals surface area contributed by atoms with Crippen LogP contribution in [0.25, 0.3) is 0 Å². The number of rotatable bonds is 6. The number of likely N-dealkylation sites (tertiary alicyclic amines) is 1. The molecule has 3 aliphatic rings. The van der Waals surface area contributed by atoms with E-state index < -0.39 is 0 Å². The summed E-state index contributed by atoms with van der Waals surface area (Å²) in [4.78, 5) is 57.3. The third-order valence-electron chi connectivity index (χ3n) is 7.22. The van der Waals surface area contributed by atoms with E-state index in [2.05, 4.69) is 24.1 Å². The molecule has 4 rings (SSSR count). The number of nitrogens with zero attached hydrogens (tertiary/aromatic N) is 4. The minimum atomic E-state index is -0.313. The SMILES string of the molecule is C[C@@H]1C[C@H](C)CN(C(=O)CN2CCN(C(=O)CNC(=O)c3ccc(N4CCCC4=O)cc3)CC2)C1. The van der Waals surface area contributed by atoms with E-state index in [0.29, 0.717) is 63.1 Å². The van der Waals surface area contributed by atoms with E-state index in [1.807, 2.05) is 4.90 Å². The van der Waals surface area contributed by atoms with Crippen molar-refractivity contribution in [3.05, 3.63) is 29.8 Å². The summed E-state index contributed by atoms with van der Waals surface area (Å²) in [6.45, 7) is 9.52. The first-order valence-electron chi connectivity index (χ1n) is 12.8. The van der Waals surface area contributed by atoms with Crippen LogP contribution in [-0.4, -0.2) is 97.2 Å². The van der Waals surface area contributed by atoms with Gasteiger partial charge in [0.2, 0.25) is 17.7 Å². The van der Waals surface area contributed by atoms with Crippen LogP contribution < -0.4 is 10.2 Å². The molecule has 0 unspecified atom stereocenters. The molecule has 3 aliphatic heterocycles. The van der Waals surface area contributed by atoms with Crippen molar-refractivity contribution >= 4 is 29.3 Å². The van der Waals surface area contributed by atoms with E-state index in [1.54, 1.807) is 34.1 Å². The van der Waals surface area contributed by atoms with Gasteiger partial charge in [0.25, 0.3) is 5.91 Å². The van der Waals surface area contributed by atoms with E-state index in [0.717, 1.165) is 25.2 Å². The van der Waals surface area contributed by atoms with Crippen molar-refractivity contribution in [3.8, 4) is 0 Å². The summed E-state index contributed by atoms with van der Waals surface area (Å²) in [6, 6.07) is 6.90. The van der Waals surface area contributed by atoms with Crippen LogP contribution in [0.2, 0.25) is 0 Å². The summed E-state index contributed by atoms with van der Waals surface area (Å²) in [5.41, 5.74) is 1.25. The highest BCUT2D eigenvalue weighted by Gasteiger charge is 2.28. The molecule has 1 N–H and O–H groups in total. The molecular weight excluding hydrogens is 446 g/mol. The molecule has 190 valence electrons. The van der Waals surface area contributed by atoms with Gasteiger partial charge in [0, 0.05) is 63.5 Å². The van der Waals surface area contributed by atoms with Crippen molar-refractivity contribution in [1.29, 1.82) is 0 Å². The average molecular weight is 484 g/mol. The Morgan fingerprint density at radius 1 is 0.886 bits per heavy atom. The zero-order valence-corrected chi connectivity index (χ0v) is 20.9. The number of hydrogen-bond acceptors (Lipinski definition) is 5. The lowest BCUT2D eigenvalue weighted by molar-refractivity contribution is -0.136. The monoisotopic (exact) mass is 483 g/mol. The molecule has 3 saturated heterocycles. The van der Waals surface area contributed by atoms with Gasteiger partial charge in [0.1, 0.15) is 0 Å². The van der Waals surface area contributed by atoms with Crippen molar-refractivity contribution in [2.45, 2.75) is 33.1 Å². The van der Waals surface area contributed by atoms with Crippen molar-refractivity contribution in [3.63, 3.8) is 0 Å². The maximum absolute atomic E-state index is 12.7. The molecule has 1 aromatic rings.